The van der Waals surface area contributed by atoms with E-state index >= 15 is 0 Å². The maximum Gasteiger partial charge on any atom is 0.186 e. The topological polar surface area (TPSA) is 68.8 Å². The van der Waals surface area contributed by atoms with E-state index in [0.29, 0.717) is 0 Å². The number of nitrogens with zero attached hydrogens (tertiary/aromatic N) is 4. The van der Waals surface area contributed by atoms with Crippen molar-refractivity contribution in [3.63, 3.8) is 0 Å². The van der Waals surface area contributed by atoms with Gasteiger partial charge in [0.15, 0.2) is 17.3 Å². The number of aromatic nitrogens is 4. The highest BCUT2D eigenvalue weighted by Gasteiger charge is 2.19. The van der Waals surface area contributed by atoms with Crippen molar-refractivity contribution in [1.29, 1.82) is 0 Å². The van der Waals surface area contributed by atoms with E-state index in [4.69, 9.17) is 4.52 Å². The molecule has 1 N–H and O–H groups in total. The Morgan fingerprint density at radius 3 is 2.95 bits per heavy atom. The summed E-state index contributed by atoms with van der Waals surface area (Å²) in [5.41, 5.74) is 1.73. The highest BCUT2D eigenvalue weighted by Crippen LogP contribution is 2.25. The van der Waals surface area contributed by atoms with Gasteiger partial charge in [0.05, 0.1) is 6.54 Å². The van der Waals surface area contributed by atoms with Crippen LogP contribution in [-0.4, -0.2) is 26.5 Å². The molecule has 0 aliphatic carbocycles. The molecule has 20 heavy (non-hydrogen) atoms. The van der Waals surface area contributed by atoms with Crippen molar-refractivity contribution in [2.75, 3.05) is 6.54 Å². The third-order valence-electron chi connectivity index (χ3n) is 3.42. The second-order valence-electron chi connectivity index (χ2n) is 4.71. The van der Waals surface area contributed by atoms with Gasteiger partial charge in [0, 0.05) is 24.7 Å². The van der Waals surface area contributed by atoms with Gasteiger partial charge in [-0.15, -0.1) is 10.2 Å². The van der Waals surface area contributed by atoms with Crippen LogP contribution >= 0.6 is 0 Å². The Morgan fingerprint density at radius 1 is 1.15 bits per heavy atom. The van der Waals surface area contributed by atoms with Crippen LogP contribution < -0.4 is 5.32 Å². The number of hydrogen-bond donors (Lipinski definition) is 1. The molecule has 3 heterocycles. The zero-order chi connectivity index (χ0) is 13.4. The lowest BCUT2D eigenvalue weighted by atomic mass is 10.1. The second-order valence-corrected chi connectivity index (χ2v) is 4.71. The summed E-state index contributed by atoms with van der Waals surface area (Å²) in [6.07, 6.45) is 0. The first-order valence-electron chi connectivity index (χ1n) is 6.57. The van der Waals surface area contributed by atoms with Gasteiger partial charge in [-0.05, 0) is 0 Å². The normalized spacial score (nSPS) is 14.2. The maximum absolute atomic E-state index is 5.42. The molecule has 1 aliphatic rings. The van der Waals surface area contributed by atoms with Gasteiger partial charge in [-0.3, -0.25) is 0 Å². The van der Waals surface area contributed by atoms with Crippen LogP contribution in [0.2, 0.25) is 0 Å². The van der Waals surface area contributed by atoms with Crippen molar-refractivity contribution in [3.8, 4) is 22.8 Å². The van der Waals surface area contributed by atoms with Crippen LogP contribution in [0, 0.1) is 0 Å². The smallest absolute Gasteiger partial charge is 0.186 e. The molecule has 0 radical (unpaired) electrons. The van der Waals surface area contributed by atoms with Crippen LogP contribution in [0.4, 0.5) is 0 Å². The molecule has 1 aromatic carbocycles. The van der Waals surface area contributed by atoms with E-state index in [-0.39, 0.29) is 0 Å². The molecule has 0 amide bonds. The van der Waals surface area contributed by atoms with Gasteiger partial charge in [-0.1, -0.05) is 35.5 Å². The molecule has 0 unspecified atom stereocenters. The molecule has 100 valence electrons. The Balaban J connectivity index is 1.74. The molecule has 6 nitrogen and oxygen atoms in total. The van der Waals surface area contributed by atoms with Gasteiger partial charge in [-0.2, -0.15) is 0 Å². The van der Waals surface area contributed by atoms with Crippen molar-refractivity contribution in [3.05, 3.63) is 42.2 Å². The van der Waals surface area contributed by atoms with Crippen molar-refractivity contribution in [2.45, 2.75) is 13.1 Å². The minimum Gasteiger partial charge on any atom is -0.356 e. The van der Waals surface area contributed by atoms with Gasteiger partial charge in [0.2, 0.25) is 0 Å². The molecular weight excluding hydrogens is 254 g/mol. The van der Waals surface area contributed by atoms with Crippen molar-refractivity contribution in [2.24, 2.45) is 0 Å². The molecule has 6 heteroatoms. The third kappa shape index (κ3) is 1.81. The molecule has 3 aromatic rings. The summed E-state index contributed by atoms with van der Waals surface area (Å²) in [5.74, 6) is 2.45. The van der Waals surface area contributed by atoms with Crippen LogP contribution in [0.25, 0.3) is 22.8 Å². The Kier molecular flexibility index (Phi) is 2.60. The minimum atomic E-state index is 0.726. The predicted molar refractivity (Wildman–Crippen MR) is 72.7 cm³/mol. The molecule has 0 bridgehead atoms. The Bertz CT molecular complexity index is 731. The van der Waals surface area contributed by atoms with Gasteiger partial charge in [0.25, 0.3) is 0 Å². The van der Waals surface area contributed by atoms with Gasteiger partial charge >= 0.3 is 0 Å². The molecule has 0 atom stereocenters. The Morgan fingerprint density at radius 2 is 2.05 bits per heavy atom. The predicted octanol–water partition coefficient (Wildman–Crippen LogP) is 1.70. The summed E-state index contributed by atoms with van der Waals surface area (Å²) in [7, 11) is 0. The molecular formula is C14H13N5O. The SMILES string of the molecule is c1ccc(-c2cc(-c3nnc4n3CCNC4)no2)cc1. The van der Waals surface area contributed by atoms with Crippen LogP contribution in [-0.2, 0) is 13.1 Å². The number of hydrogen-bond acceptors (Lipinski definition) is 5. The molecule has 0 spiro atoms. The number of rotatable bonds is 2. The third-order valence-corrected chi connectivity index (χ3v) is 3.42. The van der Waals surface area contributed by atoms with E-state index in [1.165, 1.54) is 0 Å². The van der Waals surface area contributed by atoms with E-state index in [1.54, 1.807) is 0 Å². The van der Waals surface area contributed by atoms with E-state index in [9.17, 15) is 0 Å². The first-order chi connectivity index (χ1) is 9.92. The number of nitrogens with one attached hydrogen (secondary N) is 1. The van der Waals surface area contributed by atoms with Crippen LogP contribution in [0.5, 0.6) is 0 Å². The lowest BCUT2D eigenvalue weighted by Gasteiger charge is -2.14. The average Bonchev–Trinajstić information content (AvgIpc) is 3.14. The Labute approximate surface area is 115 Å². The fourth-order valence-corrected chi connectivity index (χ4v) is 2.40. The Hall–Kier alpha value is -2.47. The quantitative estimate of drug-likeness (QED) is 0.765. The van der Waals surface area contributed by atoms with Gasteiger partial charge < -0.3 is 14.4 Å². The van der Waals surface area contributed by atoms with Crippen LogP contribution in [0.15, 0.2) is 40.9 Å². The average molecular weight is 267 g/mol. The second kappa shape index (κ2) is 4.57. The van der Waals surface area contributed by atoms with Gasteiger partial charge in [-0.25, -0.2) is 0 Å². The molecule has 1 aliphatic heterocycles. The molecule has 4 rings (SSSR count). The zero-order valence-corrected chi connectivity index (χ0v) is 10.8. The standard InChI is InChI=1S/C14H13N5O/c1-2-4-10(5-3-1)12-8-11(18-20-12)14-17-16-13-9-15-6-7-19(13)14/h1-5,8,15H,6-7,9H2. The van der Waals surface area contributed by atoms with Crippen molar-refractivity contribution < 1.29 is 4.52 Å². The summed E-state index contributed by atoms with van der Waals surface area (Å²) < 4.78 is 7.51. The van der Waals surface area contributed by atoms with Crippen LogP contribution in [0.1, 0.15) is 5.82 Å². The summed E-state index contributed by atoms with van der Waals surface area (Å²) in [6.45, 7) is 2.52. The summed E-state index contributed by atoms with van der Waals surface area (Å²) in [5, 5.41) is 15.8. The lowest BCUT2D eigenvalue weighted by Crippen LogP contribution is -2.28. The highest BCUT2D eigenvalue weighted by atomic mass is 16.5. The monoisotopic (exact) mass is 267 g/mol. The lowest BCUT2D eigenvalue weighted by molar-refractivity contribution is 0.433. The zero-order valence-electron chi connectivity index (χ0n) is 10.8. The molecule has 0 saturated carbocycles. The van der Waals surface area contributed by atoms with E-state index in [0.717, 1.165) is 48.3 Å². The minimum absolute atomic E-state index is 0.726. The highest BCUT2D eigenvalue weighted by molar-refractivity contribution is 5.63. The summed E-state index contributed by atoms with van der Waals surface area (Å²) >= 11 is 0. The maximum atomic E-state index is 5.42. The molecule has 0 saturated heterocycles. The van der Waals surface area contributed by atoms with Crippen molar-refractivity contribution >= 4 is 0 Å². The number of benzene rings is 1. The first-order valence-corrected chi connectivity index (χ1v) is 6.57. The molecule has 0 fully saturated rings. The van der Waals surface area contributed by atoms with Crippen molar-refractivity contribution in [1.82, 2.24) is 25.2 Å². The largest absolute Gasteiger partial charge is 0.356 e. The molecule has 2 aromatic heterocycles. The van der Waals surface area contributed by atoms with E-state index < -0.39 is 0 Å². The fraction of sp³-hybridized carbons (Fsp3) is 0.214. The van der Waals surface area contributed by atoms with Gasteiger partial charge in [0.1, 0.15) is 5.82 Å². The van der Waals surface area contributed by atoms with E-state index in [1.807, 2.05) is 36.4 Å². The number of fused-ring (bicyclic) bond motifs is 1. The van der Waals surface area contributed by atoms with Crippen LogP contribution in [0.3, 0.4) is 0 Å². The summed E-state index contributed by atoms with van der Waals surface area (Å²) in [6, 6.07) is 11.8. The first kappa shape index (κ1) is 11.4. The summed E-state index contributed by atoms with van der Waals surface area (Å²) in [4.78, 5) is 0. The van der Waals surface area contributed by atoms with E-state index in [2.05, 4.69) is 25.2 Å². The fourth-order valence-electron chi connectivity index (χ4n) is 2.40.